The molecule has 10 nitrogen and oxygen atoms in total. The van der Waals surface area contributed by atoms with Gasteiger partial charge in [0.2, 0.25) is 0 Å². The minimum atomic E-state index is -0.999. The molecule has 3 N–H and O–H groups in total. The molecular formula is C40H41N5O5. The Kier molecular flexibility index (Phi) is 9.00. The monoisotopic (exact) mass is 671 g/mol. The largest absolute Gasteiger partial charge is 0.392 e. The number of rotatable bonds is 8. The maximum atomic E-state index is 13.9. The van der Waals surface area contributed by atoms with Gasteiger partial charge in [-0.2, -0.15) is 0 Å². The van der Waals surface area contributed by atoms with E-state index in [1.54, 1.807) is 50.3 Å². The number of morpholine rings is 1. The van der Waals surface area contributed by atoms with Gasteiger partial charge in [-0.05, 0) is 78.4 Å². The van der Waals surface area contributed by atoms with Crippen LogP contribution in [0.3, 0.4) is 0 Å². The summed E-state index contributed by atoms with van der Waals surface area (Å²) in [6, 6.07) is 24.7. The number of pyridine rings is 2. The van der Waals surface area contributed by atoms with Crippen molar-refractivity contribution in [3.8, 4) is 22.3 Å². The molecule has 7 rings (SSSR count). The summed E-state index contributed by atoms with van der Waals surface area (Å²) in [5.41, 5.74) is 7.00. The summed E-state index contributed by atoms with van der Waals surface area (Å²) < 4.78 is 6.98. The van der Waals surface area contributed by atoms with E-state index in [0.717, 1.165) is 57.8 Å². The predicted molar refractivity (Wildman–Crippen MR) is 196 cm³/mol. The van der Waals surface area contributed by atoms with Crippen molar-refractivity contribution in [2.75, 3.05) is 48.0 Å². The molecule has 4 heterocycles. The summed E-state index contributed by atoms with van der Waals surface area (Å²) in [5.74, 6) is 0.438. The molecular weight excluding hydrogens is 630 g/mol. The first-order chi connectivity index (χ1) is 24.1. The quantitative estimate of drug-likeness (QED) is 0.195. The van der Waals surface area contributed by atoms with Gasteiger partial charge in [0.1, 0.15) is 11.5 Å². The molecule has 2 aliphatic rings. The number of carbonyl (C=O) groups is 1. The van der Waals surface area contributed by atoms with E-state index in [1.807, 2.05) is 66.7 Å². The lowest BCUT2D eigenvalue weighted by Crippen LogP contribution is -2.38. The Bertz CT molecular complexity index is 2110. The Labute approximate surface area is 291 Å². The molecule has 1 fully saturated rings. The fraction of sp³-hybridized carbons (Fsp3) is 0.275. The van der Waals surface area contributed by atoms with E-state index >= 15 is 0 Å². The topological polar surface area (TPSA) is 120 Å². The lowest BCUT2D eigenvalue weighted by atomic mass is 9.89. The highest BCUT2D eigenvalue weighted by Crippen LogP contribution is 2.39. The lowest BCUT2D eigenvalue weighted by molar-refractivity contribution is 0.0783. The number of para-hydroxylation sites is 1. The summed E-state index contributed by atoms with van der Waals surface area (Å²) in [6.07, 6.45) is 4.20. The van der Waals surface area contributed by atoms with E-state index in [4.69, 9.17) is 4.74 Å². The lowest BCUT2D eigenvalue weighted by Gasteiger charge is -2.31. The number of hydrogen-bond donors (Lipinski definition) is 3. The van der Waals surface area contributed by atoms with Crippen molar-refractivity contribution in [1.29, 1.82) is 0 Å². The first-order valence-corrected chi connectivity index (χ1v) is 16.9. The molecule has 0 saturated carbocycles. The fourth-order valence-corrected chi connectivity index (χ4v) is 6.87. The Balaban J connectivity index is 1.22. The molecule has 2 aliphatic heterocycles. The van der Waals surface area contributed by atoms with E-state index in [2.05, 4.69) is 15.2 Å². The van der Waals surface area contributed by atoms with Gasteiger partial charge in [-0.25, -0.2) is 4.98 Å². The second kappa shape index (κ2) is 13.5. The smallest absolute Gasteiger partial charge is 0.274 e. The number of aromatic nitrogens is 2. The van der Waals surface area contributed by atoms with Gasteiger partial charge in [-0.15, -0.1) is 0 Å². The number of aliphatic hydroxyl groups is 2. The second-order valence-corrected chi connectivity index (χ2v) is 13.3. The van der Waals surface area contributed by atoms with Crippen LogP contribution in [-0.2, 0) is 30.4 Å². The Morgan fingerprint density at radius 3 is 2.38 bits per heavy atom. The number of carbonyl (C=O) groups excluding carboxylic acids is 1. The number of fused-ring (bicyclic) bond motifs is 1. The van der Waals surface area contributed by atoms with Crippen LogP contribution in [-0.4, -0.2) is 58.5 Å². The van der Waals surface area contributed by atoms with E-state index in [9.17, 15) is 19.8 Å². The number of amides is 1. The van der Waals surface area contributed by atoms with Gasteiger partial charge in [0.25, 0.3) is 11.5 Å². The highest BCUT2D eigenvalue weighted by atomic mass is 16.5. The molecule has 256 valence electrons. The predicted octanol–water partition coefficient (Wildman–Crippen LogP) is 5.62. The molecule has 0 bridgehead atoms. The standard InChI is InChI=1S/C40H41N5O5/c1-40(2,49)28-11-13-31-26(21-28)15-16-45(38(31)47)36-10-5-4-7-33(36)32-9-6-8-30(34(32)25-46)27-22-35(39(48)43(3)24-27)42-37-14-12-29(23-41-37)44-17-19-50-20-18-44/h4-14,21-24,46,49H,15-20,25H2,1-3H3,(H,41,42). The van der Waals surface area contributed by atoms with Crippen LogP contribution in [0.1, 0.15) is 40.9 Å². The van der Waals surface area contributed by atoms with Crippen molar-refractivity contribution in [2.24, 2.45) is 7.05 Å². The van der Waals surface area contributed by atoms with Gasteiger partial charge < -0.3 is 34.6 Å². The van der Waals surface area contributed by atoms with E-state index in [0.29, 0.717) is 48.8 Å². The third-order valence-corrected chi connectivity index (χ3v) is 9.59. The van der Waals surface area contributed by atoms with Crippen molar-refractivity contribution in [3.05, 3.63) is 124 Å². The summed E-state index contributed by atoms with van der Waals surface area (Å²) >= 11 is 0. The van der Waals surface area contributed by atoms with Crippen molar-refractivity contribution in [2.45, 2.75) is 32.5 Å². The number of nitrogens with zero attached hydrogens (tertiary/aromatic N) is 4. The van der Waals surface area contributed by atoms with Crippen molar-refractivity contribution >= 4 is 28.8 Å². The number of hydrogen-bond acceptors (Lipinski definition) is 8. The molecule has 50 heavy (non-hydrogen) atoms. The normalized spacial score (nSPS) is 14.9. The van der Waals surface area contributed by atoms with Crippen LogP contribution in [0.25, 0.3) is 22.3 Å². The second-order valence-electron chi connectivity index (χ2n) is 13.3. The molecule has 5 aromatic rings. The zero-order chi connectivity index (χ0) is 35.0. The molecule has 0 atom stereocenters. The number of aliphatic hydroxyl groups excluding tert-OH is 1. The van der Waals surface area contributed by atoms with Crippen molar-refractivity contribution < 1.29 is 19.7 Å². The Morgan fingerprint density at radius 2 is 1.64 bits per heavy atom. The highest BCUT2D eigenvalue weighted by Gasteiger charge is 2.29. The van der Waals surface area contributed by atoms with E-state index in [1.165, 1.54) is 4.57 Å². The maximum absolute atomic E-state index is 13.9. The third-order valence-electron chi connectivity index (χ3n) is 9.59. The number of nitrogens with one attached hydrogen (secondary N) is 1. The molecule has 0 radical (unpaired) electrons. The van der Waals surface area contributed by atoms with Crippen molar-refractivity contribution in [3.63, 3.8) is 0 Å². The summed E-state index contributed by atoms with van der Waals surface area (Å²) in [5, 5.41) is 24.6. The van der Waals surface area contributed by atoms with Crippen LogP contribution >= 0.6 is 0 Å². The van der Waals surface area contributed by atoms with Crippen molar-refractivity contribution in [1.82, 2.24) is 9.55 Å². The number of anilines is 4. The summed E-state index contributed by atoms with van der Waals surface area (Å²) in [4.78, 5) is 35.8. The average molecular weight is 672 g/mol. The van der Waals surface area contributed by atoms with Crippen LogP contribution < -0.4 is 20.7 Å². The van der Waals surface area contributed by atoms with Gasteiger partial charge >= 0.3 is 0 Å². The number of benzene rings is 3. The molecule has 1 saturated heterocycles. The summed E-state index contributed by atoms with van der Waals surface area (Å²) in [6.45, 7) is 6.68. The first-order valence-electron chi connectivity index (χ1n) is 16.9. The zero-order valence-corrected chi connectivity index (χ0v) is 28.5. The summed E-state index contributed by atoms with van der Waals surface area (Å²) in [7, 11) is 1.70. The van der Waals surface area contributed by atoms with Gasteiger partial charge in [0, 0.05) is 49.6 Å². The minimum Gasteiger partial charge on any atom is -0.392 e. The Hall–Kier alpha value is -5.29. The molecule has 2 aromatic heterocycles. The molecule has 0 unspecified atom stereocenters. The maximum Gasteiger partial charge on any atom is 0.274 e. The van der Waals surface area contributed by atoms with Gasteiger partial charge in [0.15, 0.2) is 0 Å². The van der Waals surface area contributed by atoms with Gasteiger partial charge in [-0.3, -0.25) is 9.59 Å². The molecule has 0 aliphatic carbocycles. The van der Waals surface area contributed by atoms with Crippen LogP contribution in [0.2, 0.25) is 0 Å². The SMILES string of the molecule is Cn1cc(-c2cccc(-c3ccccc3N3CCc4cc(C(C)(C)O)ccc4C3=O)c2CO)cc(Nc2ccc(N3CCOCC3)cn2)c1=O. The minimum absolute atomic E-state index is 0.108. The van der Waals surface area contributed by atoms with Crippen LogP contribution in [0.5, 0.6) is 0 Å². The number of ether oxygens (including phenoxy) is 1. The molecule has 3 aromatic carbocycles. The highest BCUT2D eigenvalue weighted by molar-refractivity contribution is 6.10. The number of aryl methyl sites for hydroxylation is 1. The van der Waals surface area contributed by atoms with E-state index in [-0.39, 0.29) is 18.1 Å². The fourth-order valence-electron chi connectivity index (χ4n) is 6.87. The van der Waals surface area contributed by atoms with E-state index < -0.39 is 5.60 Å². The van der Waals surface area contributed by atoms with Crippen LogP contribution in [0.15, 0.2) is 96.1 Å². The van der Waals surface area contributed by atoms with Crippen LogP contribution in [0, 0.1) is 0 Å². The third kappa shape index (κ3) is 6.40. The first kappa shape index (κ1) is 33.2. The van der Waals surface area contributed by atoms with Gasteiger partial charge in [0.05, 0.1) is 43.0 Å². The molecule has 1 amide bonds. The Morgan fingerprint density at radius 1 is 0.880 bits per heavy atom. The average Bonchev–Trinajstić information content (AvgIpc) is 3.13. The van der Waals surface area contributed by atoms with Gasteiger partial charge in [-0.1, -0.05) is 48.5 Å². The molecule has 10 heteroatoms. The van der Waals surface area contributed by atoms with Crippen LogP contribution in [0.4, 0.5) is 22.9 Å². The zero-order valence-electron chi connectivity index (χ0n) is 28.5. The molecule has 0 spiro atoms.